The van der Waals surface area contributed by atoms with Crippen molar-refractivity contribution in [2.24, 2.45) is 0 Å². The van der Waals surface area contributed by atoms with E-state index in [1.807, 2.05) is 48.5 Å². The molecule has 0 N–H and O–H groups in total. The first-order valence-electron chi connectivity index (χ1n) is 8.95. The highest BCUT2D eigenvalue weighted by molar-refractivity contribution is 8.00. The molecule has 0 radical (unpaired) electrons. The Hall–Kier alpha value is -2.24. The molecule has 0 fully saturated rings. The second-order valence-corrected chi connectivity index (χ2v) is 8.84. The Morgan fingerprint density at radius 2 is 1.85 bits per heavy atom. The molecule has 1 aliphatic rings. The largest absolute Gasteiger partial charge is 0.272 e. The molecule has 3 aromatic rings. The van der Waals surface area contributed by atoms with Crippen LogP contribution in [0.1, 0.15) is 18.2 Å². The van der Waals surface area contributed by atoms with Gasteiger partial charge in [-0.2, -0.15) is 0 Å². The van der Waals surface area contributed by atoms with Crippen LogP contribution in [0, 0.1) is 0 Å². The lowest BCUT2D eigenvalue weighted by Crippen LogP contribution is -2.23. The van der Waals surface area contributed by atoms with Gasteiger partial charge in [0.15, 0.2) is 5.16 Å². The molecule has 0 amide bonds. The van der Waals surface area contributed by atoms with E-state index in [2.05, 4.69) is 31.2 Å². The number of nitrogens with zero attached hydrogens (tertiary/aromatic N) is 2. The topological polar surface area (TPSA) is 34.9 Å². The number of para-hydroxylation sites is 1. The molecule has 136 valence electrons. The zero-order valence-electron chi connectivity index (χ0n) is 15.0. The summed E-state index contributed by atoms with van der Waals surface area (Å²) in [4.78, 5) is 18.8. The molecule has 1 aliphatic heterocycles. The molecule has 0 saturated carbocycles. The van der Waals surface area contributed by atoms with Gasteiger partial charge < -0.3 is 0 Å². The summed E-state index contributed by atoms with van der Waals surface area (Å²) in [6.45, 7) is 2.15. The predicted octanol–water partition coefficient (Wildman–Crippen LogP) is 5.07. The van der Waals surface area contributed by atoms with Crippen molar-refractivity contribution in [3.05, 3.63) is 88.4 Å². The maximum absolute atomic E-state index is 13.2. The third kappa shape index (κ3) is 4.04. The van der Waals surface area contributed by atoms with Gasteiger partial charge in [0.25, 0.3) is 5.56 Å². The Labute approximate surface area is 167 Å². The van der Waals surface area contributed by atoms with E-state index in [0.29, 0.717) is 5.25 Å². The van der Waals surface area contributed by atoms with Crippen molar-refractivity contribution in [1.29, 1.82) is 0 Å². The molecule has 0 unspecified atom stereocenters. The summed E-state index contributed by atoms with van der Waals surface area (Å²) in [5.41, 5.74) is 3.03. The average Bonchev–Trinajstić information content (AvgIpc) is 3.07. The standard InChI is InChI=1S/C22H20N2OS2/c1-16-15-19-20(27-16)21(25)24(18-12-6-3-7-13-18)22(23-19)26-14-8-11-17-9-4-2-5-10-17/h2-13,16H,14-15H2,1H3/b11-8+/t16-/m1/s1. The van der Waals surface area contributed by atoms with Gasteiger partial charge in [0.2, 0.25) is 0 Å². The molecule has 4 rings (SSSR count). The first-order valence-corrected chi connectivity index (χ1v) is 10.8. The van der Waals surface area contributed by atoms with E-state index in [1.165, 1.54) is 5.56 Å². The van der Waals surface area contributed by atoms with Crippen LogP contribution in [-0.2, 0) is 6.42 Å². The van der Waals surface area contributed by atoms with Gasteiger partial charge in [-0.3, -0.25) is 9.36 Å². The van der Waals surface area contributed by atoms with Gasteiger partial charge in [0, 0.05) is 17.4 Å². The Balaban J connectivity index is 1.65. The number of benzene rings is 2. The van der Waals surface area contributed by atoms with Gasteiger partial charge in [-0.1, -0.05) is 79.4 Å². The lowest BCUT2D eigenvalue weighted by atomic mass is 10.2. The summed E-state index contributed by atoms with van der Waals surface area (Å²) < 4.78 is 1.75. The molecular formula is C22H20N2OS2. The zero-order chi connectivity index (χ0) is 18.6. The van der Waals surface area contributed by atoms with Crippen molar-refractivity contribution < 1.29 is 0 Å². The van der Waals surface area contributed by atoms with Crippen LogP contribution in [0.5, 0.6) is 0 Å². The third-order valence-electron chi connectivity index (χ3n) is 4.31. The first kappa shape index (κ1) is 18.1. The molecular weight excluding hydrogens is 372 g/mol. The van der Waals surface area contributed by atoms with Crippen LogP contribution in [-0.4, -0.2) is 20.6 Å². The van der Waals surface area contributed by atoms with Gasteiger partial charge >= 0.3 is 0 Å². The summed E-state index contributed by atoms with van der Waals surface area (Å²) in [6.07, 6.45) is 5.08. The van der Waals surface area contributed by atoms with Gasteiger partial charge in [0.05, 0.1) is 16.3 Å². The average molecular weight is 393 g/mol. The molecule has 0 aliphatic carbocycles. The van der Waals surface area contributed by atoms with Crippen LogP contribution >= 0.6 is 23.5 Å². The predicted molar refractivity (Wildman–Crippen MR) is 115 cm³/mol. The summed E-state index contributed by atoms with van der Waals surface area (Å²) in [6, 6.07) is 20.0. The van der Waals surface area contributed by atoms with E-state index in [1.54, 1.807) is 28.1 Å². The van der Waals surface area contributed by atoms with Crippen molar-refractivity contribution in [3.8, 4) is 5.69 Å². The monoisotopic (exact) mass is 392 g/mol. The molecule has 1 aromatic heterocycles. The second-order valence-electron chi connectivity index (χ2n) is 6.40. The number of hydrogen-bond acceptors (Lipinski definition) is 4. The third-order valence-corrected chi connectivity index (χ3v) is 6.42. The summed E-state index contributed by atoms with van der Waals surface area (Å²) in [5.74, 6) is 0.760. The van der Waals surface area contributed by atoms with Crippen LogP contribution < -0.4 is 5.56 Å². The van der Waals surface area contributed by atoms with Crippen molar-refractivity contribution in [3.63, 3.8) is 0 Å². The Bertz CT molecular complexity index is 1010. The van der Waals surface area contributed by atoms with Crippen LogP contribution in [0.25, 0.3) is 11.8 Å². The Morgan fingerprint density at radius 3 is 2.59 bits per heavy atom. The summed E-state index contributed by atoms with van der Waals surface area (Å²) in [7, 11) is 0. The van der Waals surface area contributed by atoms with Gasteiger partial charge in [-0.15, -0.1) is 11.8 Å². The lowest BCUT2D eigenvalue weighted by Gasteiger charge is -2.13. The number of rotatable bonds is 5. The van der Waals surface area contributed by atoms with Gasteiger partial charge in [0.1, 0.15) is 0 Å². The molecule has 0 bridgehead atoms. The van der Waals surface area contributed by atoms with Gasteiger partial charge in [-0.05, 0) is 17.7 Å². The minimum absolute atomic E-state index is 0.0510. The number of fused-ring (bicyclic) bond motifs is 1. The van der Waals surface area contributed by atoms with Crippen LogP contribution in [0.3, 0.4) is 0 Å². The van der Waals surface area contributed by atoms with E-state index in [0.717, 1.165) is 33.6 Å². The number of thioether (sulfide) groups is 2. The molecule has 0 saturated heterocycles. The highest BCUT2D eigenvalue weighted by Crippen LogP contribution is 2.34. The van der Waals surface area contributed by atoms with Crippen LogP contribution in [0.2, 0.25) is 0 Å². The van der Waals surface area contributed by atoms with Crippen molar-refractivity contribution in [1.82, 2.24) is 9.55 Å². The van der Waals surface area contributed by atoms with Crippen LogP contribution in [0.4, 0.5) is 0 Å². The zero-order valence-corrected chi connectivity index (χ0v) is 16.7. The minimum Gasteiger partial charge on any atom is -0.268 e. The highest BCUT2D eigenvalue weighted by Gasteiger charge is 2.26. The van der Waals surface area contributed by atoms with E-state index < -0.39 is 0 Å². The summed E-state index contributed by atoms with van der Waals surface area (Å²) >= 11 is 3.24. The molecule has 27 heavy (non-hydrogen) atoms. The number of hydrogen-bond donors (Lipinski definition) is 0. The molecule has 5 heteroatoms. The second kappa shape index (κ2) is 8.19. The van der Waals surface area contributed by atoms with Crippen molar-refractivity contribution in [2.45, 2.75) is 28.6 Å². The smallest absolute Gasteiger partial charge is 0.268 e. The van der Waals surface area contributed by atoms with Crippen LogP contribution in [0.15, 0.2) is 81.6 Å². The maximum atomic E-state index is 13.2. The fourth-order valence-corrected chi connectivity index (χ4v) is 5.01. The Kier molecular flexibility index (Phi) is 5.50. The fourth-order valence-electron chi connectivity index (χ4n) is 3.07. The first-order chi connectivity index (χ1) is 13.2. The normalized spacial score (nSPS) is 16.0. The van der Waals surface area contributed by atoms with E-state index in [-0.39, 0.29) is 5.56 Å². The lowest BCUT2D eigenvalue weighted by molar-refractivity contribution is 0.731. The van der Waals surface area contributed by atoms with E-state index >= 15 is 0 Å². The summed E-state index contributed by atoms with van der Waals surface area (Å²) in [5, 5.41) is 1.17. The quantitative estimate of drug-likeness (QED) is 0.448. The molecule has 0 spiro atoms. The maximum Gasteiger partial charge on any atom is 0.272 e. The van der Waals surface area contributed by atoms with E-state index in [9.17, 15) is 4.79 Å². The Morgan fingerprint density at radius 1 is 1.15 bits per heavy atom. The molecule has 2 aromatic carbocycles. The minimum atomic E-state index is 0.0510. The SMILES string of the molecule is C[C@@H]1Cc2nc(SC/C=C/c3ccccc3)n(-c3ccccc3)c(=O)c2S1. The molecule has 1 atom stereocenters. The molecule has 2 heterocycles. The number of aromatic nitrogens is 2. The van der Waals surface area contributed by atoms with Gasteiger partial charge in [-0.25, -0.2) is 4.98 Å². The van der Waals surface area contributed by atoms with E-state index in [4.69, 9.17) is 4.98 Å². The van der Waals surface area contributed by atoms with Crippen molar-refractivity contribution in [2.75, 3.05) is 5.75 Å². The van der Waals surface area contributed by atoms with Crippen molar-refractivity contribution >= 4 is 29.6 Å². The fraction of sp³-hybridized carbons (Fsp3) is 0.182. The highest BCUT2D eigenvalue weighted by atomic mass is 32.2. The molecule has 3 nitrogen and oxygen atoms in total.